The van der Waals surface area contributed by atoms with Crippen LogP contribution in [0.4, 0.5) is 0 Å². The third-order valence-corrected chi connectivity index (χ3v) is 4.03. The Balaban J connectivity index is 2.06. The minimum absolute atomic E-state index is 0.0969. The molecule has 1 aliphatic heterocycles. The van der Waals surface area contributed by atoms with Crippen LogP contribution in [-0.2, 0) is 11.3 Å². The fourth-order valence-corrected chi connectivity index (χ4v) is 2.82. The summed E-state index contributed by atoms with van der Waals surface area (Å²) in [6.07, 6.45) is 0.925. The van der Waals surface area contributed by atoms with Crippen LogP contribution in [0.3, 0.4) is 0 Å². The fraction of sp³-hybridized carbons (Fsp3) is 0.500. The van der Waals surface area contributed by atoms with Crippen molar-refractivity contribution in [2.45, 2.75) is 13.0 Å². The third-order valence-electron chi connectivity index (χ3n) is 3.09. The first-order valence-electron chi connectivity index (χ1n) is 5.84. The molecule has 0 aliphatic carbocycles. The Morgan fingerprint density at radius 2 is 2.28 bits per heavy atom. The van der Waals surface area contributed by atoms with Crippen molar-refractivity contribution in [2.24, 2.45) is 0 Å². The van der Waals surface area contributed by atoms with Gasteiger partial charge < -0.3 is 10.0 Å². The van der Waals surface area contributed by atoms with Gasteiger partial charge in [-0.05, 0) is 23.4 Å². The maximum atomic E-state index is 11.7. The standard InChI is InChI=1S/C12H16N2O3S/c1-13-4-2-5-14(8-10(13)15)7-9-3-6-18-11(9)12(16)17/h3,6H,2,4-5,7-8H2,1H3,(H,16,17). The van der Waals surface area contributed by atoms with Gasteiger partial charge in [0, 0.05) is 26.7 Å². The number of amides is 1. The maximum Gasteiger partial charge on any atom is 0.346 e. The SMILES string of the molecule is CN1CCCN(Cc2ccsc2C(=O)O)CC1=O. The molecule has 1 amide bonds. The number of thiophene rings is 1. The van der Waals surface area contributed by atoms with Crippen molar-refractivity contribution < 1.29 is 14.7 Å². The van der Waals surface area contributed by atoms with E-state index in [0.29, 0.717) is 18.0 Å². The number of likely N-dealkylation sites (N-methyl/N-ethyl adjacent to an activating group) is 1. The fourth-order valence-electron chi connectivity index (χ4n) is 2.07. The molecular formula is C12H16N2O3S. The average molecular weight is 268 g/mol. The highest BCUT2D eigenvalue weighted by Gasteiger charge is 2.21. The number of carboxylic acid groups (broad SMARTS) is 1. The minimum Gasteiger partial charge on any atom is -0.477 e. The van der Waals surface area contributed by atoms with Gasteiger partial charge in [0.2, 0.25) is 5.91 Å². The molecule has 0 saturated carbocycles. The van der Waals surface area contributed by atoms with Crippen molar-refractivity contribution in [1.29, 1.82) is 0 Å². The Kier molecular flexibility index (Phi) is 3.98. The van der Waals surface area contributed by atoms with Gasteiger partial charge in [-0.25, -0.2) is 4.79 Å². The number of carbonyl (C=O) groups excluding carboxylic acids is 1. The maximum absolute atomic E-state index is 11.7. The Bertz CT molecular complexity index is 458. The molecule has 6 heteroatoms. The highest BCUT2D eigenvalue weighted by atomic mass is 32.1. The van der Waals surface area contributed by atoms with E-state index in [1.54, 1.807) is 17.3 Å². The van der Waals surface area contributed by atoms with Crippen LogP contribution in [0, 0.1) is 0 Å². The van der Waals surface area contributed by atoms with E-state index in [-0.39, 0.29) is 5.91 Å². The van der Waals surface area contributed by atoms with Gasteiger partial charge in [0.25, 0.3) is 0 Å². The van der Waals surface area contributed by atoms with Gasteiger partial charge in [-0.15, -0.1) is 11.3 Å². The molecular weight excluding hydrogens is 252 g/mol. The lowest BCUT2D eigenvalue weighted by Gasteiger charge is -2.19. The summed E-state index contributed by atoms with van der Waals surface area (Å²) < 4.78 is 0. The number of carbonyl (C=O) groups is 2. The van der Waals surface area contributed by atoms with Crippen molar-refractivity contribution in [1.82, 2.24) is 9.80 Å². The van der Waals surface area contributed by atoms with Crippen LogP contribution in [0.25, 0.3) is 0 Å². The van der Waals surface area contributed by atoms with Crippen LogP contribution >= 0.6 is 11.3 Å². The lowest BCUT2D eigenvalue weighted by Crippen LogP contribution is -2.34. The number of carboxylic acids is 1. The van der Waals surface area contributed by atoms with Gasteiger partial charge in [-0.1, -0.05) is 0 Å². The number of hydrogen-bond donors (Lipinski definition) is 1. The van der Waals surface area contributed by atoms with E-state index in [9.17, 15) is 9.59 Å². The molecule has 1 saturated heterocycles. The zero-order chi connectivity index (χ0) is 13.1. The van der Waals surface area contributed by atoms with Gasteiger partial charge in [0.05, 0.1) is 6.54 Å². The molecule has 18 heavy (non-hydrogen) atoms. The van der Waals surface area contributed by atoms with Crippen LogP contribution in [0.2, 0.25) is 0 Å². The van der Waals surface area contributed by atoms with E-state index in [1.807, 2.05) is 11.0 Å². The summed E-state index contributed by atoms with van der Waals surface area (Å²) in [5.41, 5.74) is 0.796. The molecule has 1 aromatic heterocycles. The van der Waals surface area contributed by atoms with Crippen LogP contribution in [0.1, 0.15) is 21.7 Å². The van der Waals surface area contributed by atoms with E-state index < -0.39 is 5.97 Å². The highest BCUT2D eigenvalue weighted by molar-refractivity contribution is 7.12. The molecule has 98 valence electrons. The monoisotopic (exact) mass is 268 g/mol. The summed E-state index contributed by atoms with van der Waals surface area (Å²) in [6, 6.07) is 1.83. The number of nitrogens with zero attached hydrogens (tertiary/aromatic N) is 2. The first-order chi connectivity index (χ1) is 8.58. The molecule has 1 fully saturated rings. The topological polar surface area (TPSA) is 60.9 Å². The quantitative estimate of drug-likeness (QED) is 0.892. The number of rotatable bonds is 3. The van der Waals surface area contributed by atoms with Crippen molar-refractivity contribution >= 4 is 23.2 Å². The second-order valence-electron chi connectivity index (χ2n) is 4.46. The highest BCUT2D eigenvalue weighted by Crippen LogP contribution is 2.19. The van der Waals surface area contributed by atoms with Gasteiger partial charge in [0.15, 0.2) is 0 Å². The first kappa shape index (κ1) is 13.0. The molecule has 2 heterocycles. The zero-order valence-electron chi connectivity index (χ0n) is 10.3. The molecule has 2 rings (SSSR count). The summed E-state index contributed by atoms with van der Waals surface area (Å²) in [5.74, 6) is -0.794. The molecule has 5 nitrogen and oxygen atoms in total. The number of hydrogen-bond acceptors (Lipinski definition) is 4. The van der Waals surface area contributed by atoms with Crippen molar-refractivity contribution in [2.75, 3.05) is 26.7 Å². The lowest BCUT2D eigenvalue weighted by molar-refractivity contribution is -0.129. The van der Waals surface area contributed by atoms with E-state index in [1.165, 1.54) is 11.3 Å². The predicted octanol–water partition coefficient (Wildman–Crippen LogP) is 1.11. The molecule has 1 aliphatic rings. The number of aromatic carboxylic acids is 1. The van der Waals surface area contributed by atoms with Gasteiger partial charge in [-0.3, -0.25) is 9.69 Å². The Hall–Kier alpha value is -1.40. The molecule has 0 bridgehead atoms. The van der Waals surface area contributed by atoms with Crippen LogP contribution in [0.15, 0.2) is 11.4 Å². The second-order valence-corrected chi connectivity index (χ2v) is 5.38. The van der Waals surface area contributed by atoms with E-state index in [4.69, 9.17) is 5.11 Å². The third kappa shape index (κ3) is 2.88. The molecule has 0 spiro atoms. The Morgan fingerprint density at radius 3 is 3.00 bits per heavy atom. The lowest BCUT2D eigenvalue weighted by atomic mass is 10.2. The molecule has 0 atom stereocenters. The Labute approximate surface area is 110 Å². The average Bonchev–Trinajstić information content (AvgIpc) is 2.70. The van der Waals surface area contributed by atoms with Gasteiger partial charge in [0.1, 0.15) is 4.88 Å². The van der Waals surface area contributed by atoms with Crippen LogP contribution in [0.5, 0.6) is 0 Å². The summed E-state index contributed by atoms with van der Waals surface area (Å²) in [6.45, 7) is 2.49. The van der Waals surface area contributed by atoms with Crippen molar-refractivity contribution in [3.05, 3.63) is 21.9 Å². The molecule has 0 radical (unpaired) electrons. The molecule has 0 unspecified atom stereocenters. The Morgan fingerprint density at radius 1 is 1.50 bits per heavy atom. The first-order valence-corrected chi connectivity index (χ1v) is 6.72. The molecule has 1 N–H and O–H groups in total. The van der Waals surface area contributed by atoms with Crippen LogP contribution in [-0.4, -0.2) is 53.5 Å². The molecule has 0 aromatic carbocycles. The van der Waals surface area contributed by atoms with E-state index in [2.05, 4.69) is 0 Å². The van der Waals surface area contributed by atoms with Crippen molar-refractivity contribution in [3.8, 4) is 0 Å². The normalized spacial score (nSPS) is 17.8. The smallest absolute Gasteiger partial charge is 0.346 e. The summed E-state index contributed by atoms with van der Waals surface area (Å²) in [4.78, 5) is 26.9. The summed E-state index contributed by atoms with van der Waals surface area (Å²) in [7, 11) is 1.80. The molecule has 1 aromatic rings. The zero-order valence-corrected chi connectivity index (χ0v) is 11.1. The van der Waals surface area contributed by atoms with Crippen molar-refractivity contribution in [3.63, 3.8) is 0 Å². The predicted molar refractivity (Wildman–Crippen MR) is 68.8 cm³/mol. The largest absolute Gasteiger partial charge is 0.477 e. The minimum atomic E-state index is -0.890. The summed E-state index contributed by atoms with van der Waals surface area (Å²) in [5, 5.41) is 10.8. The van der Waals surface area contributed by atoms with E-state index in [0.717, 1.165) is 25.1 Å². The second kappa shape index (κ2) is 5.49. The summed E-state index contributed by atoms with van der Waals surface area (Å²) >= 11 is 1.23. The van der Waals surface area contributed by atoms with Gasteiger partial charge >= 0.3 is 5.97 Å². The van der Waals surface area contributed by atoms with E-state index >= 15 is 0 Å². The van der Waals surface area contributed by atoms with Gasteiger partial charge in [-0.2, -0.15) is 0 Å². The van der Waals surface area contributed by atoms with Crippen LogP contribution < -0.4 is 0 Å².